The molecule has 0 aliphatic heterocycles. The average molecular weight is 465 g/mol. The highest BCUT2D eigenvalue weighted by atomic mass is 127. The van der Waals surface area contributed by atoms with Crippen molar-refractivity contribution in [2.45, 2.75) is 6.92 Å². The molecule has 1 heterocycles. The van der Waals surface area contributed by atoms with Crippen molar-refractivity contribution in [3.05, 3.63) is 80.1 Å². The number of aryl methyl sites for hydroxylation is 1. The minimum atomic E-state index is -0.279. The number of carbonyl (C=O) groups excluding carboxylic acids is 1. The van der Waals surface area contributed by atoms with Crippen LogP contribution in [-0.4, -0.2) is 21.9 Å². The lowest BCUT2D eigenvalue weighted by atomic mass is 10.2. The maximum atomic E-state index is 12.1. The van der Waals surface area contributed by atoms with Crippen molar-refractivity contribution in [2.75, 3.05) is 0 Å². The van der Waals surface area contributed by atoms with Crippen LogP contribution in [0.5, 0.6) is 0 Å². The number of nitrogens with zero attached hydrogens (tertiary/aromatic N) is 3. The van der Waals surface area contributed by atoms with Crippen LogP contribution in [0.3, 0.4) is 0 Å². The van der Waals surface area contributed by atoms with Gasteiger partial charge in [-0.1, -0.05) is 35.9 Å². The average Bonchev–Trinajstić information content (AvgIpc) is 2.90. The van der Waals surface area contributed by atoms with Crippen molar-refractivity contribution in [3.63, 3.8) is 0 Å². The van der Waals surface area contributed by atoms with E-state index in [1.807, 2.05) is 49.4 Å². The molecule has 0 saturated heterocycles. The lowest BCUT2D eigenvalue weighted by Crippen LogP contribution is -2.17. The first-order valence-electron chi connectivity index (χ1n) is 7.46. The zero-order chi connectivity index (χ0) is 17.8. The van der Waals surface area contributed by atoms with Crippen molar-refractivity contribution >= 4 is 46.3 Å². The second kappa shape index (κ2) is 7.79. The third-order valence-corrected chi connectivity index (χ3v) is 4.53. The van der Waals surface area contributed by atoms with Gasteiger partial charge in [-0.05, 0) is 59.8 Å². The van der Waals surface area contributed by atoms with E-state index in [-0.39, 0.29) is 5.91 Å². The summed E-state index contributed by atoms with van der Waals surface area (Å²) in [6.07, 6.45) is 1.51. The van der Waals surface area contributed by atoms with E-state index in [1.165, 1.54) is 6.21 Å². The highest BCUT2D eigenvalue weighted by molar-refractivity contribution is 14.1. The van der Waals surface area contributed by atoms with E-state index < -0.39 is 0 Å². The Morgan fingerprint density at radius 3 is 2.72 bits per heavy atom. The molecule has 0 aliphatic rings. The molecule has 126 valence electrons. The van der Waals surface area contributed by atoms with E-state index in [2.05, 4.69) is 38.2 Å². The lowest BCUT2D eigenvalue weighted by Gasteiger charge is -2.02. The Bertz CT molecular complexity index is 938. The molecule has 0 saturated carbocycles. The van der Waals surface area contributed by atoms with Gasteiger partial charge in [0.1, 0.15) is 5.15 Å². The van der Waals surface area contributed by atoms with E-state index in [9.17, 15) is 4.79 Å². The molecule has 0 bridgehead atoms. The van der Waals surface area contributed by atoms with Gasteiger partial charge in [0.15, 0.2) is 0 Å². The van der Waals surface area contributed by atoms with Gasteiger partial charge in [0.25, 0.3) is 5.91 Å². The number of hydrogen-bond acceptors (Lipinski definition) is 3. The number of para-hydroxylation sites is 1. The van der Waals surface area contributed by atoms with E-state index in [1.54, 1.807) is 16.8 Å². The Balaban J connectivity index is 1.78. The van der Waals surface area contributed by atoms with Gasteiger partial charge in [0.2, 0.25) is 0 Å². The summed E-state index contributed by atoms with van der Waals surface area (Å²) in [6.45, 7) is 1.84. The van der Waals surface area contributed by atoms with Crippen LogP contribution in [0.1, 0.15) is 21.6 Å². The number of halogens is 2. The van der Waals surface area contributed by atoms with Gasteiger partial charge in [-0.15, -0.1) is 0 Å². The Morgan fingerprint density at radius 1 is 1.24 bits per heavy atom. The van der Waals surface area contributed by atoms with Crippen LogP contribution in [0.4, 0.5) is 0 Å². The quantitative estimate of drug-likeness (QED) is 0.357. The van der Waals surface area contributed by atoms with E-state index in [0.29, 0.717) is 16.3 Å². The number of hydrazone groups is 1. The summed E-state index contributed by atoms with van der Waals surface area (Å²) in [4.78, 5) is 12.1. The molecule has 3 rings (SSSR count). The SMILES string of the molecule is Cc1nn(-c2ccccc2)c(Cl)c1/C=N/NC(=O)c1cccc(I)c1. The predicted molar refractivity (Wildman–Crippen MR) is 108 cm³/mol. The monoisotopic (exact) mass is 464 g/mol. The zero-order valence-corrected chi connectivity index (χ0v) is 16.2. The summed E-state index contributed by atoms with van der Waals surface area (Å²) in [5.41, 5.74) is 5.30. The molecule has 1 N–H and O–H groups in total. The van der Waals surface area contributed by atoms with Crippen LogP contribution in [0.15, 0.2) is 59.7 Å². The first-order chi connectivity index (χ1) is 12.1. The molecular formula is C18H14ClIN4O. The molecule has 0 spiro atoms. The van der Waals surface area contributed by atoms with Crippen molar-refractivity contribution in [3.8, 4) is 5.69 Å². The Hall–Kier alpha value is -2.19. The van der Waals surface area contributed by atoms with Crippen LogP contribution >= 0.6 is 34.2 Å². The number of benzene rings is 2. The molecule has 2 aromatic carbocycles. The molecular weight excluding hydrogens is 451 g/mol. The fourth-order valence-electron chi connectivity index (χ4n) is 2.25. The van der Waals surface area contributed by atoms with Crippen LogP contribution in [0.2, 0.25) is 5.15 Å². The molecule has 7 heteroatoms. The van der Waals surface area contributed by atoms with E-state index in [0.717, 1.165) is 15.0 Å². The molecule has 3 aromatic rings. The van der Waals surface area contributed by atoms with Crippen molar-refractivity contribution in [2.24, 2.45) is 5.10 Å². The van der Waals surface area contributed by atoms with Crippen LogP contribution in [-0.2, 0) is 0 Å². The van der Waals surface area contributed by atoms with Gasteiger partial charge >= 0.3 is 0 Å². The Morgan fingerprint density at radius 2 is 2.00 bits per heavy atom. The Labute approximate surface area is 163 Å². The van der Waals surface area contributed by atoms with Crippen LogP contribution in [0.25, 0.3) is 5.69 Å². The number of aromatic nitrogens is 2. The summed E-state index contributed by atoms with van der Waals surface area (Å²) in [5, 5.41) is 8.88. The zero-order valence-electron chi connectivity index (χ0n) is 13.3. The topological polar surface area (TPSA) is 59.3 Å². The van der Waals surface area contributed by atoms with E-state index in [4.69, 9.17) is 11.6 Å². The fraction of sp³-hybridized carbons (Fsp3) is 0.0556. The standard InChI is InChI=1S/C18H14ClIN4O/c1-12-16(17(19)24(23-12)15-8-3-2-4-9-15)11-21-22-18(25)13-6-5-7-14(20)10-13/h2-11H,1H3,(H,22,25)/b21-11+. The molecule has 1 amide bonds. The summed E-state index contributed by atoms with van der Waals surface area (Å²) < 4.78 is 2.62. The first-order valence-corrected chi connectivity index (χ1v) is 8.91. The molecule has 0 unspecified atom stereocenters. The maximum Gasteiger partial charge on any atom is 0.271 e. The normalized spacial score (nSPS) is 11.0. The molecule has 25 heavy (non-hydrogen) atoms. The number of nitrogens with one attached hydrogen (secondary N) is 1. The highest BCUT2D eigenvalue weighted by Gasteiger charge is 2.13. The molecule has 5 nitrogen and oxygen atoms in total. The smallest absolute Gasteiger partial charge is 0.267 e. The second-order valence-electron chi connectivity index (χ2n) is 5.25. The van der Waals surface area contributed by atoms with Gasteiger partial charge in [-0.25, -0.2) is 10.1 Å². The predicted octanol–water partition coefficient (Wildman–Crippen LogP) is 4.20. The third kappa shape index (κ3) is 4.08. The molecule has 1 aromatic heterocycles. The maximum absolute atomic E-state index is 12.1. The minimum Gasteiger partial charge on any atom is -0.267 e. The summed E-state index contributed by atoms with van der Waals surface area (Å²) in [7, 11) is 0. The minimum absolute atomic E-state index is 0.279. The fourth-order valence-corrected chi connectivity index (χ4v) is 3.11. The summed E-state index contributed by atoms with van der Waals surface area (Å²) in [6, 6.07) is 16.9. The Kier molecular flexibility index (Phi) is 5.50. The van der Waals surface area contributed by atoms with Gasteiger partial charge in [-0.3, -0.25) is 4.79 Å². The van der Waals surface area contributed by atoms with Crippen LogP contribution in [0, 0.1) is 10.5 Å². The molecule has 0 radical (unpaired) electrons. The highest BCUT2D eigenvalue weighted by Crippen LogP contribution is 2.21. The van der Waals surface area contributed by atoms with Crippen molar-refractivity contribution < 1.29 is 4.79 Å². The van der Waals surface area contributed by atoms with Gasteiger partial charge in [0.05, 0.1) is 23.2 Å². The van der Waals surface area contributed by atoms with Crippen LogP contribution < -0.4 is 5.43 Å². The molecule has 0 atom stereocenters. The summed E-state index contributed by atoms with van der Waals surface area (Å²) >= 11 is 8.57. The second-order valence-corrected chi connectivity index (χ2v) is 6.85. The third-order valence-electron chi connectivity index (χ3n) is 3.50. The molecule has 0 fully saturated rings. The van der Waals surface area contributed by atoms with Gasteiger partial charge in [0, 0.05) is 9.13 Å². The number of hydrogen-bond donors (Lipinski definition) is 1. The number of carbonyl (C=O) groups is 1. The van der Waals surface area contributed by atoms with Crippen molar-refractivity contribution in [1.82, 2.24) is 15.2 Å². The number of rotatable bonds is 4. The number of amides is 1. The largest absolute Gasteiger partial charge is 0.271 e. The molecule has 0 aliphatic carbocycles. The van der Waals surface area contributed by atoms with Gasteiger partial charge < -0.3 is 0 Å². The first kappa shape index (κ1) is 17.6. The van der Waals surface area contributed by atoms with E-state index >= 15 is 0 Å². The van der Waals surface area contributed by atoms with Crippen molar-refractivity contribution in [1.29, 1.82) is 0 Å². The van der Waals surface area contributed by atoms with Gasteiger partial charge in [-0.2, -0.15) is 10.2 Å². The summed E-state index contributed by atoms with van der Waals surface area (Å²) in [5.74, 6) is -0.279. The lowest BCUT2D eigenvalue weighted by molar-refractivity contribution is 0.0955.